The summed E-state index contributed by atoms with van der Waals surface area (Å²) in [5, 5.41) is 5.16. The molecule has 1 amide bonds. The van der Waals surface area contributed by atoms with E-state index in [-0.39, 0.29) is 5.91 Å². The van der Waals surface area contributed by atoms with Gasteiger partial charge in [0.2, 0.25) is 0 Å². The number of carbonyl (C=O) groups is 1. The zero-order chi connectivity index (χ0) is 17.6. The summed E-state index contributed by atoms with van der Waals surface area (Å²) >= 11 is 0. The second-order valence-corrected chi connectivity index (χ2v) is 7.10. The van der Waals surface area contributed by atoms with Gasteiger partial charge in [-0.1, -0.05) is 16.8 Å². The summed E-state index contributed by atoms with van der Waals surface area (Å²) in [5.74, 6) is 1.11. The highest BCUT2D eigenvalue weighted by Crippen LogP contribution is 2.34. The van der Waals surface area contributed by atoms with E-state index in [4.69, 9.17) is 4.52 Å². The number of carbonyl (C=O) groups excluding carboxylic acids is 1. The van der Waals surface area contributed by atoms with Crippen LogP contribution in [0.5, 0.6) is 0 Å². The fraction of sp³-hybridized carbons (Fsp3) is 0.400. The normalized spacial score (nSPS) is 15.9. The van der Waals surface area contributed by atoms with Crippen molar-refractivity contribution in [2.24, 2.45) is 0 Å². The second-order valence-electron chi connectivity index (χ2n) is 7.10. The lowest BCUT2D eigenvalue weighted by Gasteiger charge is -2.31. The van der Waals surface area contributed by atoms with Gasteiger partial charge in [0.05, 0.1) is 0 Å². The molecule has 25 heavy (non-hydrogen) atoms. The van der Waals surface area contributed by atoms with Crippen LogP contribution in [0.3, 0.4) is 0 Å². The van der Waals surface area contributed by atoms with Gasteiger partial charge in [-0.25, -0.2) is 0 Å². The highest BCUT2D eigenvalue weighted by Gasteiger charge is 2.28. The first-order valence-corrected chi connectivity index (χ1v) is 8.84. The van der Waals surface area contributed by atoms with Gasteiger partial charge < -0.3 is 14.4 Å². The van der Waals surface area contributed by atoms with Gasteiger partial charge in [-0.3, -0.25) is 4.79 Å². The Kier molecular flexibility index (Phi) is 3.86. The number of H-pyrrole nitrogens is 1. The van der Waals surface area contributed by atoms with E-state index >= 15 is 0 Å². The number of hydrogen-bond acceptors (Lipinski definition) is 3. The van der Waals surface area contributed by atoms with Crippen molar-refractivity contribution >= 4 is 16.8 Å². The van der Waals surface area contributed by atoms with Gasteiger partial charge in [-0.15, -0.1) is 0 Å². The summed E-state index contributed by atoms with van der Waals surface area (Å²) < 4.78 is 5.02. The predicted molar refractivity (Wildman–Crippen MR) is 96.9 cm³/mol. The number of aromatic amines is 1. The molecule has 0 aliphatic carbocycles. The molecule has 130 valence electrons. The first-order valence-electron chi connectivity index (χ1n) is 8.84. The fourth-order valence-corrected chi connectivity index (χ4v) is 3.87. The number of amides is 1. The van der Waals surface area contributed by atoms with Crippen LogP contribution < -0.4 is 0 Å². The van der Waals surface area contributed by atoms with Crippen molar-refractivity contribution in [1.82, 2.24) is 15.0 Å². The molecule has 1 aliphatic heterocycles. The molecule has 1 N–H and O–H groups in total. The summed E-state index contributed by atoms with van der Waals surface area (Å²) in [6, 6.07) is 8.25. The molecule has 1 saturated heterocycles. The molecule has 0 saturated carbocycles. The molecule has 3 heterocycles. The van der Waals surface area contributed by atoms with Crippen molar-refractivity contribution in [3.05, 3.63) is 52.5 Å². The molecular formula is C20H23N3O2. The molecule has 3 aromatic rings. The zero-order valence-electron chi connectivity index (χ0n) is 14.9. The third kappa shape index (κ3) is 2.84. The molecule has 0 atom stereocenters. The van der Waals surface area contributed by atoms with Crippen LogP contribution in [-0.2, 0) is 0 Å². The maximum atomic E-state index is 12.5. The Morgan fingerprint density at radius 1 is 1.20 bits per heavy atom. The summed E-state index contributed by atoms with van der Waals surface area (Å²) in [4.78, 5) is 18.0. The monoisotopic (exact) mass is 337 g/mol. The molecule has 0 radical (unpaired) electrons. The Hall–Kier alpha value is -2.56. The Morgan fingerprint density at radius 3 is 2.64 bits per heavy atom. The molecule has 4 rings (SSSR count). The third-order valence-electron chi connectivity index (χ3n) is 5.29. The van der Waals surface area contributed by atoms with Crippen LogP contribution in [0.15, 0.2) is 28.8 Å². The van der Waals surface area contributed by atoms with Crippen molar-refractivity contribution in [3.8, 4) is 0 Å². The highest BCUT2D eigenvalue weighted by atomic mass is 16.5. The second kappa shape index (κ2) is 6.06. The Balaban J connectivity index is 1.50. The van der Waals surface area contributed by atoms with E-state index in [0.29, 0.717) is 17.4 Å². The minimum absolute atomic E-state index is 0.0284. The number of fused-ring (bicyclic) bond motifs is 1. The lowest BCUT2D eigenvalue weighted by Crippen LogP contribution is -2.38. The first-order chi connectivity index (χ1) is 12.0. The van der Waals surface area contributed by atoms with Crippen LogP contribution in [-0.4, -0.2) is 34.0 Å². The van der Waals surface area contributed by atoms with Gasteiger partial charge in [-0.05, 0) is 51.3 Å². The van der Waals surface area contributed by atoms with E-state index in [1.165, 1.54) is 27.7 Å². The summed E-state index contributed by atoms with van der Waals surface area (Å²) in [7, 11) is 0. The third-order valence-corrected chi connectivity index (χ3v) is 5.29. The molecule has 5 nitrogen and oxygen atoms in total. The van der Waals surface area contributed by atoms with Gasteiger partial charge in [0.1, 0.15) is 5.76 Å². The van der Waals surface area contributed by atoms with Crippen LogP contribution >= 0.6 is 0 Å². The van der Waals surface area contributed by atoms with Crippen molar-refractivity contribution in [2.75, 3.05) is 13.1 Å². The number of piperidine rings is 1. The summed E-state index contributed by atoms with van der Waals surface area (Å²) in [5.41, 5.74) is 5.56. The Bertz CT molecular complexity index is 930. The maximum Gasteiger partial charge on any atom is 0.276 e. The number of benzene rings is 1. The molecule has 1 aromatic carbocycles. The van der Waals surface area contributed by atoms with Crippen LogP contribution in [0.25, 0.3) is 10.9 Å². The number of aromatic nitrogens is 2. The number of likely N-dealkylation sites (tertiary alicyclic amines) is 1. The smallest absolute Gasteiger partial charge is 0.276 e. The average Bonchev–Trinajstić information content (AvgIpc) is 3.19. The first kappa shape index (κ1) is 15.9. The van der Waals surface area contributed by atoms with Crippen LogP contribution in [0.2, 0.25) is 0 Å². The van der Waals surface area contributed by atoms with Gasteiger partial charge in [-0.2, -0.15) is 0 Å². The summed E-state index contributed by atoms with van der Waals surface area (Å²) in [6.45, 7) is 7.63. The van der Waals surface area contributed by atoms with Crippen LogP contribution in [0.1, 0.15) is 51.8 Å². The SMILES string of the molecule is Cc1ccc2[nH]c(C3CCN(C(=O)c4cc(C)on4)CC3)c(C)c2c1. The molecule has 1 aliphatic rings. The topological polar surface area (TPSA) is 62.1 Å². The summed E-state index contributed by atoms with van der Waals surface area (Å²) in [6.07, 6.45) is 1.93. The average molecular weight is 337 g/mol. The van der Waals surface area contributed by atoms with Crippen molar-refractivity contribution < 1.29 is 9.32 Å². The van der Waals surface area contributed by atoms with Gasteiger partial charge in [0.25, 0.3) is 5.91 Å². The quantitative estimate of drug-likeness (QED) is 0.766. The van der Waals surface area contributed by atoms with Gasteiger partial charge in [0, 0.05) is 41.7 Å². The molecule has 0 bridgehead atoms. The maximum absolute atomic E-state index is 12.5. The number of nitrogens with one attached hydrogen (secondary N) is 1. The molecule has 2 aromatic heterocycles. The lowest BCUT2D eigenvalue weighted by molar-refractivity contribution is 0.0701. The Morgan fingerprint density at radius 2 is 1.96 bits per heavy atom. The van der Waals surface area contributed by atoms with Crippen molar-refractivity contribution in [2.45, 2.75) is 39.5 Å². The number of hydrogen-bond donors (Lipinski definition) is 1. The molecule has 1 fully saturated rings. The number of aryl methyl sites for hydroxylation is 3. The minimum Gasteiger partial charge on any atom is -0.361 e. The standard InChI is InChI=1S/C20H23N3O2/c1-12-4-5-17-16(10-12)14(3)19(21-17)15-6-8-23(9-7-15)20(24)18-11-13(2)25-22-18/h4-5,10-11,15,21H,6-9H2,1-3H3. The van der Waals surface area contributed by atoms with E-state index < -0.39 is 0 Å². The van der Waals surface area contributed by atoms with Gasteiger partial charge >= 0.3 is 0 Å². The van der Waals surface area contributed by atoms with Crippen LogP contribution in [0.4, 0.5) is 0 Å². The number of rotatable bonds is 2. The zero-order valence-corrected chi connectivity index (χ0v) is 14.9. The van der Waals surface area contributed by atoms with E-state index in [9.17, 15) is 4.79 Å². The molecular weight excluding hydrogens is 314 g/mol. The lowest BCUT2D eigenvalue weighted by atomic mass is 9.91. The highest BCUT2D eigenvalue weighted by molar-refractivity contribution is 5.92. The largest absolute Gasteiger partial charge is 0.361 e. The van der Waals surface area contributed by atoms with Crippen molar-refractivity contribution in [3.63, 3.8) is 0 Å². The predicted octanol–water partition coefficient (Wildman–Crippen LogP) is 4.10. The van der Waals surface area contributed by atoms with E-state index in [0.717, 1.165) is 25.9 Å². The van der Waals surface area contributed by atoms with Crippen LogP contribution in [0, 0.1) is 20.8 Å². The number of nitrogens with zero attached hydrogens (tertiary/aromatic N) is 2. The fourth-order valence-electron chi connectivity index (χ4n) is 3.87. The minimum atomic E-state index is -0.0284. The van der Waals surface area contributed by atoms with Gasteiger partial charge in [0.15, 0.2) is 5.69 Å². The molecule has 5 heteroatoms. The van der Waals surface area contributed by atoms with E-state index in [1.54, 1.807) is 13.0 Å². The molecule has 0 unspecified atom stereocenters. The van der Waals surface area contributed by atoms with E-state index in [1.807, 2.05) is 4.90 Å². The van der Waals surface area contributed by atoms with Crippen molar-refractivity contribution in [1.29, 1.82) is 0 Å². The van der Waals surface area contributed by atoms with E-state index in [2.05, 4.69) is 42.2 Å². The Labute approximate surface area is 147 Å². The molecule has 0 spiro atoms.